The summed E-state index contributed by atoms with van der Waals surface area (Å²) in [5.41, 5.74) is 2.12. The van der Waals surface area contributed by atoms with Crippen LogP contribution in [0.2, 0.25) is 5.02 Å². The van der Waals surface area contributed by atoms with Gasteiger partial charge in [0.05, 0.1) is 22.7 Å². The Balaban J connectivity index is 1.32. The lowest BCUT2D eigenvalue weighted by atomic mass is 9.85. The summed E-state index contributed by atoms with van der Waals surface area (Å²) in [7, 11) is 1.55. The summed E-state index contributed by atoms with van der Waals surface area (Å²) in [5, 5.41) is 6.76. The van der Waals surface area contributed by atoms with Crippen LogP contribution in [0, 0.1) is 5.92 Å². The molecule has 9 heteroatoms. The quantitative estimate of drug-likeness (QED) is 0.255. The fourth-order valence-corrected chi connectivity index (χ4v) is 6.70. The van der Waals surface area contributed by atoms with Crippen molar-refractivity contribution in [3.8, 4) is 11.5 Å². The van der Waals surface area contributed by atoms with Gasteiger partial charge in [0, 0.05) is 11.7 Å². The molecule has 3 aromatic rings. The van der Waals surface area contributed by atoms with Crippen molar-refractivity contribution in [3.63, 3.8) is 0 Å². The van der Waals surface area contributed by atoms with Gasteiger partial charge < -0.3 is 25.0 Å². The Kier molecular flexibility index (Phi) is 9.42. The van der Waals surface area contributed by atoms with Gasteiger partial charge in [0.15, 0.2) is 23.6 Å². The molecule has 2 amide bonds. The molecule has 1 aliphatic heterocycles. The van der Waals surface area contributed by atoms with Gasteiger partial charge in [-0.25, -0.2) is 0 Å². The molecule has 41 heavy (non-hydrogen) atoms. The molecule has 2 aliphatic rings. The molecule has 1 saturated heterocycles. The van der Waals surface area contributed by atoms with Crippen molar-refractivity contribution in [3.05, 3.63) is 88.3 Å². The first kappa shape index (κ1) is 28.9. The molecule has 3 aromatic carbocycles. The summed E-state index contributed by atoms with van der Waals surface area (Å²) in [5.74, 6) is 1.04. The fourth-order valence-electron chi connectivity index (χ4n) is 5.30. The summed E-state index contributed by atoms with van der Waals surface area (Å²) >= 11 is 7.66. The molecule has 214 valence electrons. The normalized spacial score (nSPS) is 21.5. The number of halogens is 1. The standard InChI is InChI=1S/C32H34ClN3O4S/c1-21-10-6-9-15-26(21)36-31(38)29(41-32(36)34-23-11-4-3-5-12-23)19-22-16-17-27(28(18-22)39-2)40-20-30(37)35-25-14-8-7-13-24(25)33/h3-5,7-8,11-14,16-19,21,26,32,34H,6,9-10,15,20H2,1-2H3,(H,35,37)/b29-19-/t21-,26-,32?/m0/s1. The average molecular weight is 592 g/mol. The highest BCUT2D eigenvalue weighted by Gasteiger charge is 2.42. The third kappa shape index (κ3) is 7.00. The van der Waals surface area contributed by atoms with E-state index < -0.39 is 0 Å². The molecule has 3 atom stereocenters. The SMILES string of the molecule is COc1cc(/C=C2\SC(Nc3ccccc3)N([C@H]3CCCC[C@@H]3C)C2=O)ccc1OCC(=O)Nc1ccccc1Cl. The van der Waals surface area contributed by atoms with E-state index in [4.69, 9.17) is 21.1 Å². The molecule has 1 aliphatic carbocycles. The number of hydrogen-bond acceptors (Lipinski definition) is 6. The fraction of sp³-hybridized carbons (Fsp3) is 0.312. The number of amides is 2. The Hall–Kier alpha value is -3.62. The molecule has 7 nitrogen and oxygen atoms in total. The number of ether oxygens (including phenoxy) is 2. The largest absolute Gasteiger partial charge is 0.493 e. The Bertz CT molecular complexity index is 1420. The second kappa shape index (κ2) is 13.4. The van der Waals surface area contributed by atoms with Crippen molar-refractivity contribution in [2.75, 3.05) is 24.4 Å². The van der Waals surface area contributed by atoms with E-state index in [0.717, 1.165) is 30.5 Å². The predicted molar refractivity (Wildman–Crippen MR) is 166 cm³/mol. The second-order valence-electron chi connectivity index (χ2n) is 10.3. The van der Waals surface area contributed by atoms with Gasteiger partial charge in [-0.1, -0.05) is 79.5 Å². The summed E-state index contributed by atoms with van der Waals surface area (Å²) < 4.78 is 11.3. The molecule has 1 saturated carbocycles. The van der Waals surface area contributed by atoms with Crippen LogP contribution in [0.25, 0.3) is 6.08 Å². The Morgan fingerprint density at radius 3 is 2.56 bits per heavy atom. The van der Waals surface area contributed by atoms with Gasteiger partial charge in [-0.2, -0.15) is 0 Å². The van der Waals surface area contributed by atoms with E-state index in [2.05, 4.69) is 17.6 Å². The van der Waals surface area contributed by atoms with Crippen molar-refractivity contribution in [2.24, 2.45) is 5.92 Å². The number of nitrogens with one attached hydrogen (secondary N) is 2. The van der Waals surface area contributed by atoms with Crippen LogP contribution >= 0.6 is 23.4 Å². The van der Waals surface area contributed by atoms with Crippen LogP contribution in [0.5, 0.6) is 11.5 Å². The number of para-hydroxylation sites is 2. The topological polar surface area (TPSA) is 79.9 Å². The maximum atomic E-state index is 13.8. The maximum Gasteiger partial charge on any atom is 0.262 e. The van der Waals surface area contributed by atoms with Gasteiger partial charge in [0.1, 0.15) is 0 Å². The van der Waals surface area contributed by atoms with Crippen LogP contribution in [-0.2, 0) is 9.59 Å². The highest BCUT2D eigenvalue weighted by atomic mass is 35.5. The van der Waals surface area contributed by atoms with Crippen molar-refractivity contribution in [1.82, 2.24) is 4.90 Å². The summed E-state index contributed by atoms with van der Waals surface area (Å²) in [4.78, 5) is 28.9. The molecule has 1 unspecified atom stereocenters. The number of methoxy groups -OCH3 is 1. The molecule has 2 N–H and O–H groups in total. The Morgan fingerprint density at radius 1 is 1.05 bits per heavy atom. The molecule has 0 bridgehead atoms. The zero-order chi connectivity index (χ0) is 28.8. The minimum absolute atomic E-state index is 0.0396. The van der Waals surface area contributed by atoms with Crippen molar-refractivity contribution in [2.45, 2.75) is 44.1 Å². The number of rotatable bonds is 9. The van der Waals surface area contributed by atoms with Gasteiger partial charge in [-0.05, 0) is 66.8 Å². The van der Waals surface area contributed by atoms with E-state index in [-0.39, 0.29) is 30.0 Å². The number of nitrogens with zero attached hydrogens (tertiary/aromatic N) is 1. The highest BCUT2D eigenvalue weighted by Crippen LogP contribution is 2.42. The zero-order valence-corrected chi connectivity index (χ0v) is 24.7. The maximum absolute atomic E-state index is 13.8. The molecule has 0 aromatic heterocycles. The Morgan fingerprint density at radius 2 is 1.80 bits per heavy atom. The first-order valence-electron chi connectivity index (χ1n) is 13.8. The lowest BCUT2D eigenvalue weighted by Gasteiger charge is -2.39. The van der Waals surface area contributed by atoms with E-state index in [0.29, 0.717) is 33.0 Å². The summed E-state index contributed by atoms with van der Waals surface area (Å²) in [6.45, 7) is 2.04. The second-order valence-corrected chi connectivity index (χ2v) is 11.8. The van der Waals surface area contributed by atoms with Gasteiger partial charge in [0.2, 0.25) is 0 Å². The average Bonchev–Trinajstić information content (AvgIpc) is 3.27. The molecular weight excluding hydrogens is 558 g/mol. The third-order valence-corrected chi connectivity index (χ3v) is 8.86. The van der Waals surface area contributed by atoms with Gasteiger partial charge in [-0.15, -0.1) is 0 Å². The van der Waals surface area contributed by atoms with Crippen molar-refractivity contribution >= 4 is 52.6 Å². The smallest absolute Gasteiger partial charge is 0.262 e. The number of anilines is 2. The number of carbonyl (C=O) groups is 2. The van der Waals surface area contributed by atoms with Crippen molar-refractivity contribution < 1.29 is 19.1 Å². The number of carbonyl (C=O) groups excluding carboxylic acids is 2. The minimum atomic E-state index is -0.340. The van der Waals surface area contributed by atoms with Crippen LogP contribution < -0.4 is 20.1 Å². The molecule has 0 radical (unpaired) electrons. The van der Waals surface area contributed by atoms with Crippen molar-refractivity contribution in [1.29, 1.82) is 0 Å². The highest BCUT2D eigenvalue weighted by molar-refractivity contribution is 8.05. The van der Waals surface area contributed by atoms with E-state index in [1.807, 2.05) is 53.4 Å². The zero-order valence-electron chi connectivity index (χ0n) is 23.1. The van der Waals surface area contributed by atoms with Crippen LogP contribution in [0.4, 0.5) is 11.4 Å². The first-order valence-corrected chi connectivity index (χ1v) is 15.1. The summed E-state index contributed by atoms with van der Waals surface area (Å²) in [6.07, 6.45) is 6.39. The van der Waals surface area contributed by atoms with Crippen LogP contribution in [-0.4, -0.2) is 42.0 Å². The molecule has 2 fully saturated rings. The van der Waals surface area contributed by atoms with Gasteiger partial charge in [-0.3, -0.25) is 9.59 Å². The number of thioether (sulfide) groups is 1. The predicted octanol–water partition coefficient (Wildman–Crippen LogP) is 7.26. The van der Waals surface area contributed by atoms with E-state index in [9.17, 15) is 9.59 Å². The monoisotopic (exact) mass is 591 g/mol. The molecular formula is C32H34ClN3O4S. The lowest BCUT2D eigenvalue weighted by molar-refractivity contribution is -0.129. The lowest BCUT2D eigenvalue weighted by Crippen LogP contribution is -2.48. The summed E-state index contributed by atoms with van der Waals surface area (Å²) in [6, 6.07) is 22.6. The van der Waals surface area contributed by atoms with Crippen LogP contribution in [0.1, 0.15) is 38.2 Å². The number of benzene rings is 3. The van der Waals surface area contributed by atoms with Gasteiger partial charge >= 0.3 is 0 Å². The molecule has 0 spiro atoms. The number of hydrogen-bond donors (Lipinski definition) is 2. The molecule has 1 heterocycles. The third-order valence-electron chi connectivity index (χ3n) is 7.42. The van der Waals surface area contributed by atoms with E-state index in [1.54, 1.807) is 37.4 Å². The van der Waals surface area contributed by atoms with Crippen LogP contribution in [0.15, 0.2) is 77.7 Å². The Labute approximate surface area is 250 Å². The van der Waals surface area contributed by atoms with E-state index in [1.165, 1.54) is 18.2 Å². The molecule has 5 rings (SSSR count). The minimum Gasteiger partial charge on any atom is -0.493 e. The van der Waals surface area contributed by atoms with E-state index >= 15 is 0 Å². The first-order chi connectivity index (χ1) is 19.9. The van der Waals surface area contributed by atoms with Crippen LogP contribution in [0.3, 0.4) is 0 Å². The van der Waals surface area contributed by atoms with Gasteiger partial charge in [0.25, 0.3) is 11.8 Å².